The largest absolute Gasteiger partial charge is 0.298 e. The van der Waals surface area contributed by atoms with Gasteiger partial charge in [-0.3, -0.25) is 10.4 Å². The van der Waals surface area contributed by atoms with Crippen molar-refractivity contribution >= 4 is 22.4 Å². The van der Waals surface area contributed by atoms with E-state index in [0.717, 1.165) is 0 Å². The van der Waals surface area contributed by atoms with Gasteiger partial charge in [-0.25, -0.2) is 0 Å². The number of nitrogens with one attached hydrogen (secondary N) is 1. The van der Waals surface area contributed by atoms with E-state index in [1.54, 1.807) is 19.5 Å². The van der Waals surface area contributed by atoms with Crippen LogP contribution in [0.3, 0.4) is 0 Å². The molecule has 3 heteroatoms. The summed E-state index contributed by atoms with van der Waals surface area (Å²) in [5, 5.41) is 7.44. The van der Waals surface area contributed by atoms with Gasteiger partial charge in [0.15, 0.2) is 0 Å². The van der Waals surface area contributed by atoms with Crippen LogP contribution in [-0.4, -0.2) is 17.6 Å². The molecule has 1 N–H and O–H groups in total. The first-order valence-corrected chi connectivity index (χ1v) is 2.77. The molecule has 0 heterocycles. The van der Waals surface area contributed by atoms with E-state index in [-0.39, 0.29) is 0 Å². The number of thioether (sulfide) groups is 1. The van der Waals surface area contributed by atoms with Crippen LogP contribution >= 0.6 is 11.8 Å². The summed E-state index contributed by atoms with van der Waals surface area (Å²) < 4.78 is 0. The molecule has 7 heavy (non-hydrogen) atoms. The number of hydrogen-bond acceptors (Lipinski definition) is 3. The van der Waals surface area contributed by atoms with Crippen LogP contribution in [0.1, 0.15) is 6.92 Å². The normalized spacial score (nSPS) is 10.0. The lowest BCUT2D eigenvalue weighted by molar-refractivity contribution is 1.49. The van der Waals surface area contributed by atoms with Crippen LogP contribution in [-0.2, 0) is 0 Å². The summed E-state index contributed by atoms with van der Waals surface area (Å²) in [7, 11) is 1.69. The van der Waals surface area contributed by atoms with Crippen molar-refractivity contribution in [1.82, 2.24) is 0 Å². The fourth-order valence-electron chi connectivity index (χ4n) is 0.132. The Labute approximate surface area is 47.5 Å². The fourth-order valence-corrected chi connectivity index (χ4v) is 0.395. The second-order valence-corrected chi connectivity index (χ2v) is 2.10. The molecule has 0 bridgehead atoms. The zero-order valence-electron chi connectivity index (χ0n) is 4.43. The number of nitrogens with zero attached hydrogens (tertiary/aromatic N) is 1. The summed E-state index contributed by atoms with van der Waals surface area (Å²) in [6.07, 6.45) is 0. The van der Waals surface area contributed by atoms with E-state index >= 15 is 0 Å². The fraction of sp³-hybridized carbons (Fsp3) is 0.500. The third-order valence-electron chi connectivity index (χ3n) is 0.335. The van der Waals surface area contributed by atoms with E-state index in [2.05, 4.69) is 4.99 Å². The molecule has 0 aliphatic carbocycles. The van der Waals surface area contributed by atoms with Crippen LogP contribution in [0.25, 0.3) is 0 Å². The highest BCUT2D eigenvalue weighted by Gasteiger charge is 1.77. The SMILES string of the molecule is CN=CSC(C)=N. The average Bonchev–Trinajstić information content (AvgIpc) is 1.61. The van der Waals surface area contributed by atoms with Crippen molar-refractivity contribution < 1.29 is 0 Å². The Kier molecular flexibility index (Phi) is 3.69. The molecule has 0 atom stereocenters. The van der Waals surface area contributed by atoms with Crippen molar-refractivity contribution in [1.29, 1.82) is 5.41 Å². The van der Waals surface area contributed by atoms with Gasteiger partial charge >= 0.3 is 0 Å². The van der Waals surface area contributed by atoms with E-state index in [1.807, 2.05) is 0 Å². The van der Waals surface area contributed by atoms with E-state index in [4.69, 9.17) is 5.41 Å². The summed E-state index contributed by atoms with van der Waals surface area (Å²) in [4.78, 5) is 3.67. The van der Waals surface area contributed by atoms with E-state index in [0.29, 0.717) is 5.04 Å². The first-order valence-electron chi connectivity index (χ1n) is 1.90. The Morgan fingerprint density at radius 1 is 1.86 bits per heavy atom. The van der Waals surface area contributed by atoms with Crippen LogP contribution in [0.2, 0.25) is 0 Å². The molecule has 0 fully saturated rings. The van der Waals surface area contributed by atoms with Gasteiger partial charge in [0.1, 0.15) is 0 Å². The van der Waals surface area contributed by atoms with E-state index in [9.17, 15) is 0 Å². The van der Waals surface area contributed by atoms with Crippen LogP contribution in [0.5, 0.6) is 0 Å². The summed E-state index contributed by atoms with van der Waals surface area (Å²) in [6.45, 7) is 1.73. The van der Waals surface area contributed by atoms with Gasteiger partial charge in [0.05, 0.1) is 10.6 Å². The van der Waals surface area contributed by atoms with Gasteiger partial charge in [0.2, 0.25) is 0 Å². The number of hydrogen-bond donors (Lipinski definition) is 1. The minimum absolute atomic E-state index is 0.575. The van der Waals surface area contributed by atoms with Crippen molar-refractivity contribution in [2.75, 3.05) is 7.05 Å². The zero-order valence-corrected chi connectivity index (χ0v) is 5.25. The molecule has 0 aromatic rings. The van der Waals surface area contributed by atoms with Crippen molar-refractivity contribution in [2.45, 2.75) is 6.92 Å². The molecular weight excluding hydrogens is 108 g/mol. The Bertz CT molecular complexity index is 87.7. The predicted octanol–water partition coefficient (Wildman–Crippen LogP) is 1.37. The third kappa shape index (κ3) is 5.69. The zero-order chi connectivity index (χ0) is 5.70. The number of aliphatic imine (C=N–C) groups is 1. The van der Waals surface area contributed by atoms with Gasteiger partial charge in [-0.05, 0) is 6.92 Å². The van der Waals surface area contributed by atoms with Gasteiger partial charge in [-0.1, -0.05) is 11.8 Å². The molecule has 40 valence electrons. The van der Waals surface area contributed by atoms with Gasteiger partial charge in [0, 0.05) is 7.05 Å². The lowest BCUT2D eigenvalue weighted by Gasteiger charge is -1.81. The highest BCUT2D eigenvalue weighted by Crippen LogP contribution is 1.93. The topological polar surface area (TPSA) is 36.2 Å². The molecule has 0 aliphatic rings. The molecule has 0 aromatic heterocycles. The molecule has 2 nitrogen and oxygen atoms in total. The monoisotopic (exact) mass is 116 g/mol. The summed E-state index contributed by atoms with van der Waals surface area (Å²) in [5.41, 5.74) is 1.64. The lowest BCUT2D eigenvalue weighted by atomic mass is 10.9. The second-order valence-electron chi connectivity index (χ2n) is 1.04. The maximum Gasteiger partial charge on any atom is 0.0667 e. The first-order chi connectivity index (χ1) is 3.27. The summed E-state index contributed by atoms with van der Waals surface area (Å²) >= 11 is 1.32. The summed E-state index contributed by atoms with van der Waals surface area (Å²) in [5.74, 6) is 0. The van der Waals surface area contributed by atoms with Crippen LogP contribution in [0.4, 0.5) is 0 Å². The first kappa shape index (κ1) is 6.69. The van der Waals surface area contributed by atoms with Gasteiger partial charge in [-0.2, -0.15) is 0 Å². The van der Waals surface area contributed by atoms with Gasteiger partial charge < -0.3 is 0 Å². The highest BCUT2D eigenvalue weighted by atomic mass is 32.2. The minimum atomic E-state index is 0.575. The van der Waals surface area contributed by atoms with Crippen LogP contribution in [0.15, 0.2) is 4.99 Å². The van der Waals surface area contributed by atoms with Crippen LogP contribution in [0, 0.1) is 5.41 Å². The molecule has 0 unspecified atom stereocenters. The van der Waals surface area contributed by atoms with Gasteiger partial charge in [-0.15, -0.1) is 0 Å². The van der Waals surface area contributed by atoms with E-state index < -0.39 is 0 Å². The molecule has 0 radical (unpaired) electrons. The molecule has 0 amide bonds. The Hall–Kier alpha value is -0.310. The summed E-state index contributed by atoms with van der Waals surface area (Å²) in [6, 6.07) is 0. The Morgan fingerprint density at radius 2 is 2.43 bits per heavy atom. The van der Waals surface area contributed by atoms with E-state index in [1.165, 1.54) is 11.8 Å². The molecular formula is C4H8N2S. The standard InChI is InChI=1S/C4H8N2S/c1-4(5)7-3-6-2/h3,5H,1-2H3. The average molecular weight is 116 g/mol. The molecule has 0 saturated carbocycles. The third-order valence-corrected chi connectivity index (χ3v) is 1.00. The quantitative estimate of drug-likeness (QED) is 0.407. The maximum absolute atomic E-state index is 6.87. The Balaban J connectivity index is 3.14. The van der Waals surface area contributed by atoms with Crippen molar-refractivity contribution in [2.24, 2.45) is 4.99 Å². The van der Waals surface area contributed by atoms with Crippen molar-refractivity contribution in [3.05, 3.63) is 0 Å². The molecule has 0 rings (SSSR count). The van der Waals surface area contributed by atoms with Gasteiger partial charge in [0.25, 0.3) is 0 Å². The molecule has 0 aliphatic heterocycles. The lowest BCUT2D eigenvalue weighted by Crippen LogP contribution is -1.75. The molecule has 0 spiro atoms. The molecule has 0 saturated heterocycles. The van der Waals surface area contributed by atoms with Crippen molar-refractivity contribution in [3.63, 3.8) is 0 Å². The Morgan fingerprint density at radius 3 is 2.57 bits per heavy atom. The molecule has 0 aromatic carbocycles. The van der Waals surface area contributed by atoms with Crippen LogP contribution < -0.4 is 0 Å². The minimum Gasteiger partial charge on any atom is -0.298 e. The highest BCUT2D eigenvalue weighted by molar-refractivity contribution is 8.24. The van der Waals surface area contributed by atoms with Crippen molar-refractivity contribution in [3.8, 4) is 0 Å². The maximum atomic E-state index is 6.87. The smallest absolute Gasteiger partial charge is 0.0667 e. The number of rotatable bonds is 1. The predicted molar refractivity (Wildman–Crippen MR) is 35.4 cm³/mol. The second kappa shape index (κ2) is 3.87.